The first-order valence-electron chi connectivity index (χ1n) is 7.31. The molecule has 0 bridgehead atoms. The summed E-state index contributed by atoms with van der Waals surface area (Å²) in [7, 11) is 0. The Morgan fingerprint density at radius 1 is 1.47 bits per heavy atom. The summed E-state index contributed by atoms with van der Waals surface area (Å²) in [5.41, 5.74) is 0.553. The van der Waals surface area contributed by atoms with E-state index in [9.17, 15) is 4.79 Å². The van der Waals surface area contributed by atoms with Gasteiger partial charge in [0.05, 0.1) is 0 Å². The molecule has 2 nitrogen and oxygen atoms in total. The zero-order valence-electron chi connectivity index (χ0n) is 12.9. The summed E-state index contributed by atoms with van der Waals surface area (Å²) in [4.78, 5) is 11.2. The summed E-state index contributed by atoms with van der Waals surface area (Å²) >= 11 is 1.95. The Bertz CT molecular complexity index is 327. The van der Waals surface area contributed by atoms with E-state index in [2.05, 4.69) is 45.7 Å². The van der Waals surface area contributed by atoms with Crippen LogP contribution in [0.1, 0.15) is 53.4 Å². The minimum Gasteiger partial charge on any atom is -0.353 e. The van der Waals surface area contributed by atoms with Crippen LogP contribution >= 0.6 is 11.8 Å². The van der Waals surface area contributed by atoms with Crippen molar-refractivity contribution in [1.82, 2.24) is 5.32 Å². The lowest BCUT2D eigenvalue weighted by Gasteiger charge is -2.35. The van der Waals surface area contributed by atoms with E-state index in [4.69, 9.17) is 0 Å². The van der Waals surface area contributed by atoms with Crippen molar-refractivity contribution in [2.45, 2.75) is 59.4 Å². The second-order valence-electron chi connectivity index (χ2n) is 6.87. The average Bonchev–Trinajstić information content (AvgIpc) is 2.74. The molecule has 1 fully saturated rings. The predicted molar refractivity (Wildman–Crippen MR) is 85.5 cm³/mol. The Morgan fingerprint density at radius 2 is 2.16 bits per heavy atom. The predicted octanol–water partition coefficient (Wildman–Crippen LogP) is 4.02. The standard InChI is InChI=1S/C16H29NOS/c1-6-15(3,4)11-16(5,7-2)12-19-10-13-8-9-14(18)17-13/h7,13H,2,6,8-12H2,1,3-5H3,(H,17,18)/t13-,16?/m0/s1. The van der Waals surface area contributed by atoms with Crippen molar-refractivity contribution in [2.24, 2.45) is 10.8 Å². The summed E-state index contributed by atoms with van der Waals surface area (Å²) in [5.74, 6) is 2.33. The zero-order valence-corrected chi connectivity index (χ0v) is 13.7. The maximum Gasteiger partial charge on any atom is 0.220 e. The van der Waals surface area contributed by atoms with Gasteiger partial charge in [-0.15, -0.1) is 6.58 Å². The summed E-state index contributed by atoms with van der Waals surface area (Å²) in [5, 5.41) is 3.03. The highest BCUT2D eigenvalue weighted by atomic mass is 32.2. The van der Waals surface area contributed by atoms with E-state index in [0.29, 0.717) is 17.9 Å². The monoisotopic (exact) mass is 283 g/mol. The normalized spacial score (nSPS) is 22.9. The molecular weight excluding hydrogens is 254 g/mol. The average molecular weight is 283 g/mol. The van der Waals surface area contributed by atoms with E-state index >= 15 is 0 Å². The van der Waals surface area contributed by atoms with Crippen LogP contribution in [0.5, 0.6) is 0 Å². The molecule has 2 atom stereocenters. The second-order valence-corrected chi connectivity index (χ2v) is 7.90. The van der Waals surface area contributed by atoms with E-state index in [1.165, 1.54) is 12.8 Å². The van der Waals surface area contributed by atoms with Crippen LogP contribution in [0.2, 0.25) is 0 Å². The molecule has 0 aromatic rings. The van der Waals surface area contributed by atoms with Crippen LogP contribution in [0.3, 0.4) is 0 Å². The van der Waals surface area contributed by atoms with Crippen LogP contribution in [0, 0.1) is 10.8 Å². The number of rotatable bonds is 8. The van der Waals surface area contributed by atoms with Crippen LogP contribution in [0.15, 0.2) is 12.7 Å². The maximum atomic E-state index is 11.2. The molecule has 1 N–H and O–H groups in total. The number of carbonyl (C=O) groups excluding carboxylic acids is 1. The Morgan fingerprint density at radius 3 is 2.63 bits per heavy atom. The van der Waals surface area contributed by atoms with Gasteiger partial charge in [-0.2, -0.15) is 11.8 Å². The number of hydrogen-bond acceptors (Lipinski definition) is 2. The van der Waals surface area contributed by atoms with Crippen LogP contribution in [-0.2, 0) is 4.79 Å². The molecule has 1 saturated heterocycles. The molecule has 0 aromatic carbocycles. The smallest absolute Gasteiger partial charge is 0.220 e. The highest BCUT2D eigenvalue weighted by Crippen LogP contribution is 2.39. The summed E-state index contributed by atoms with van der Waals surface area (Å²) < 4.78 is 0. The molecule has 110 valence electrons. The molecule has 1 rings (SSSR count). The molecule has 1 unspecified atom stereocenters. The van der Waals surface area contributed by atoms with Gasteiger partial charge in [-0.05, 0) is 23.7 Å². The highest BCUT2D eigenvalue weighted by Gasteiger charge is 2.29. The Hall–Kier alpha value is -0.440. The van der Waals surface area contributed by atoms with Gasteiger partial charge in [0, 0.05) is 24.0 Å². The SMILES string of the molecule is C=CC(C)(CSC[C@@H]1CCC(=O)N1)CC(C)(C)CC. The lowest BCUT2D eigenvalue weighted by atomic mass is 9.74. The lowest BCUT2D eigenvalue weighted by molar-refractivity contribution is -0.119. The fraction of sp³-hybridized carbons (Fsp3) is 0.812. The van der Waals surface area contributed by atoms with E-state index in [-0.39, 0.29) is 11.3 Å². The summed E-state index contributed by atoms with van der Waals surface area (Å²) in [6.07, 6.45) is 6.18. The van der Waals surface area contributed by atoms with Gasteiger partial charge in [0.25, 0.3) is 0 Å². The van der Waals surface area contributed by atoms with Crippen molar-refractivity contribution in [3.63, 3.8) is 0 Å². The van der Waals surface area contributed by atoms with E-state index < -0.39 is 0 Å². The number of allylic oxidation sites excluding steroid dienone is 1. The molecule has 19 heavy (non-hydrogen) atoms. The first-order chi connectivity index (χ1) is 8.80. The van der Waals surface area contributed by atoms with Crippen molar-refractivity contribution in [2.75, 3.05) is 11.5 Å². The topological polar surface area (TPSA) is 29.1 Å². The quantitative estimate of drug-likeness (QED) is 0.682. The number of nitrogens with one attached hydrogen (secondary N) is 1. The Kier molecular flexibility index (Phi) is 5.97. The van der Waals surface area contributed by atoms with Gasteiger partial charge in [0.15, 0.2) is 0 Å². The molecule has 0 radical (unpaired) electrons. The molecule has 0 spiro atoms. The van der Waals surface area contributed by atoms with Crippen molar-refractivity contribution in [1.29, 1.82) is 0 Å². The molecule has 1 aliphatic rings. The Balaban J connectivity index is 2.39. The van der Waals surface area contributed by atoms with Crippen molar-refractivity contribution in [3.05, 3.63) is 12.7 Å². The minimum absolute atomic E-state index is 0.187. The van der Waals surface area contributed by atoms with Crippen molar-refractivity contribution < 1.29 is 4.79 Å². The molecule has 1 aliphatic heterocycles. The van der Waals surface area contributed by atoms with E-state index in [1.807, 2.05) is 11.8 Å². The number of carbonyl (C=O) groups is 1. The van der Waals surface area contributed by atoms with Gasteiger partial charge >= 0.3 is 0 Å². The van der Waals surface area contributed by atoms with Gasteiger partial charge in [-0.25, -0.2) is 0 Å². The fourth-order valence-electron chi connectivity index (χ4n) is 2.64. The van der Waals surface area contributed by atoms with Gasteiger partial charge in [0.1, 0.15) is 0 Å². The molecule has 0 saturated carbocycles. The van der Waals surface area contributed by atoms with Crippen molar-refractivity contribution in [3.8, 4) is 0 Å². The largest absolute Gasteiger partial charge is 0.353 e. The van der Waals surface area contributed by atoms with Crippen LogP contribution in [-0.4, -0.2) is 23.5 Å². The summed E-state index contributed by atoms with van der Waals surface area (Å²) in [6.45, 7) is 13.2. The fourth-order valence-corrected chi connectivity index (χ4v) is 3.98. The van der Waals surface area contributed by atoms with Gasteiger partial charge in [-0.3, -0.25) is 4.79 Å². The molecule has 1 amide bonds. The second kappa shape index (κ2) is 6.83. The number of hydrogen-bond donors (Lipinski definition) is 1. The highest BCUT2D eigenvalue weighted by molar-refractivity contribution is 7.99. The zero-order chi connectivity index (χ0) is 14.5. The Labute approximate surface area is 122 Å². The summed E-state index contributed by atoms with van der Waals surface area (Å²) in [6, 6.07) is 0.380. The third-order valence-electron chi connectivity index (χ3n) is 4.17. The van der Waals surface area contributed by atoms with E-state index in [0.717, 1.165) is 17.9 Å². The molecule has 0 aliphatic carbocycles. The number of amides is 1. The minimum atomic E-state index is 0.187. The molecular formula is C16H29NOS. The maximum absolute atomic E-state index is 11.2. The molecule has 0 aromatic heterocycles. The van der Waals surface area contributed by atoms with Gasteiger partial charge < -0.3 is 5.32 Å². The first-order valence-corrected chi connectivity index (χ1v) is 8.46. The lowest BCUT2D eigenvalue weighted by Crippen LogP contribution is -2.29. The van der Waals surface area contributed by atoms with Crippen LogP contribution in [0.25, 0.3) is 0 Å². The molecule has 1 heterocycles. The third-order valence-corrected chi connectivity index (χ3v) is 5.67. The third kappa shape index (κ3) is 5.60. The van der Waals surface area contributed by atoms with E-state index in [1.54, 1.807) is 0 Å². The van der Waals surface area contributed by atoms with Crippen LogP contribution in [0.4, 0.5) is 0 Å². The first kappa shape index (κ1) is 16.6. The van der Waals surface area contributed by atoms with Gasteiger partial charge in [-0.1, -0.05) is 40.2 Å². The number of thioether (sulfide) groups is 1. The van der Waals surface area contributed by atoms with Crippen LogP contribution < -0.4 is 5.32 Å². The van der Waals surface area contributed by atoms with Gasteiger partial charge in [0.2, 0.25) is 5.91 Å². The molecule has 3 heteroatoms. The van der Waals surface area contributed by atoms with Crippen molar-refractivity contribution >= 4 is 17.7 Å².